The highest BCUT2D eigenvalue weighted by molar-refractivity contribution is 7.07. The third-order valence-corrected chi connectivity index (χ3v) is 3.10. The molecule has 0 spiro atoms. The summed E-state index contributed by atoms with van der Waals surface area (Å²) < 4.78 is 0. The highest BCUT2D eigenvalue weighted by Crippen LogP contribution is 2.27. The first-order chi connectivity index (χ1) is 6.38. The second-order valence-electron chi connectivity index (χ2n) is 3.42. The van der Waals surface area contributed by atoms with E-state index in [1.54, 1.807) is 11.3 Å². The van der Waals surface area contributed by atoms with Crippen LogP contribution in [0.5, 0.6) is 0 Å². The van der Waals surface area contributed by atoms with Crippen LogP contribution < -0.4 is 5.73 Å². The Balaban J connectivity index is 2.12. The van der Waals surface area contributed by atoms with Gasteiger partial charge in [0.25, 0.3) is 0 Å². The van der Waals surface area contributed by atoms with Crippen LogP contribution in [0.25, 0.3) is 0 Å². The van der Waals surface area contributed by atoms with Gasteiger partial charge < -0.3 is 5.73 Å². The Hall–Kier alpha value is -0.670. The third kappa shape index (κ3) is 1.98. The summed E-state index contributed by atoms with van der Waals surface area (Å²) in [7, 11) is 0. The van der Waals surface area contributed by atoms with Crippen molar-refractivity contribution in [1.29, 1.82) is 0 Å². The van der Waals surface area contributed by atoms with E-state index in [0.717, 1.165) is 12.1 Å². The van der Waals surface area contributed by atoms with Crippen LogP contribution in [0.3, 0.4) is 0 Å². The highest BCUT2D eigenvalue weighted by atomic mass is 32.1. The molecule has 70 valence electrons. The van der Waals surface area contributed by atoms with Gasteiger partial charge >= 0.3 is 0 Å². The van der Waals surface area contributed by atoms with Crippen molar-refractivity contribution in [2.45, 2.75) is 31.7 Å². The third-order valence-electron chi connectivity index (χ3n) is 2.50. The molecule has 1 aromatic heterocycles. The summed E-state index contributed by atoms with van der Waals surface area (Å²) in [4.78, 5) is 4.24. The Bertz CT molecular complexity index is 290. The highest BCUT2D eigenvalue weighted by Gasteiger charge is 2.14. The average molecular weight is 194 g/mol. The summed E-state index contributed by atoms with van der Waals surface area (Å²) in [5.41, 5.74) is 10.3. The van der Waals surface area contributed by atoms with Gasteiger partial charge in [0.2, 0.25) is 0 Å². The van der Waals surface area contributed by atoms with Crippen LogP contribution >= 0.6 is 11.3 Å². The van der Waals surface area contributed by atoms with E-state index in [1.165, 1.54) is 24.8 Å². The van der Waals surface area contributed by atoms with E-state index in [9.17, 15) is 0 Å². The van der Waals surface area contributed by atoms with Crippen LogP contribution in [0.4, 0.5) is 0 Å². The minimum Gasteiger partial charge on any atom is -0.319 e. The normalized spacial score (nSPS) is 19.6. The molecule has 1 aliphatic rings. The molecule has 0 aliphatic heterocycles. The van der Waals surface area contributed by atoms with E-state index in [2.05, 4.69) is 11.1 Å². The minimum atomic E-state index is 0.0477. The molecular formula is C10H14N2S. The SMILES string of the molecule is NC(C1=CCCCC1)c1cscn1. The van der Waals surface area contributed by atoms with Crippen LogP contribution in [-0.2, 0) is 0 Å². The van der Waals surface area contributed by atoms with Gasteiger partial charge in [-0.2, -0.15) is 0 Å². The smallest absolute Gasteiger partial charge is 0.0795 e. The van der Waals surface area contributed by atoms with Crippen LogP contribution in [0, 0.1) is 0 Å². The summed E-state index contributed by atoms with van der Waals surface area (Å²) in [5.74, 6) is 0. The predicted molar refractivity (Wildman–Crippen MR) is 55.6 cm³/mol. The number of rotatable bonds is 2. The standard InChI is InChI=1S/C10H14N2S/c11-10(9-6-13-7-12-9)8-4-2-1-3-5-8/h4,6-7,10H,1-3,5,11H2. The largest absolute Gasteiger partial charge is 0.319 e. The Labute approximate surface area is 82.5 Å². The lowest BCUT2D eigenvalue weighted by Gasteiger charge is -2.17. The number of aromatic nitrogens is 1. The van der Waals surface area contributed by atoms with Crippen molar-refractivity contribution in [2.75, 3.05) is 0 Å². The molecule has 0 fully saturated rings. The van der Waals surface area contributed by atoms with Gasteiger partial charge in [-0.25, -0.2) is 4.98 Å². The summed E-state index contributed by atoms with van der Waals surface area (Å²) in [6, 6.07) is 0.0477. The van der Waals surface area contributed by atoms with Gasteiger partial charge in [-0.05, 0) is 25.7 Å². The van der Waals surface area contributed by atoms with E-state index in [4.69, 9.17) is 5.73 Å². The maximum Gasteiger partial charge on any atom is 0.0795 e. The fraction of sp³-hybridized carbons (Fsp3) is 0.500. The van der Waals surface area contributed by atoms with E-state index in [1.807, 2.05) is 10.9 Å². The van der Waals surface area contributed by atoms with Crippen molar-refractivity contribution in [3.63, 3.8) is 0 Å². The second-order valence-corrected chi connectivity index (χ2v) is 4.13. The van der Waals surface area contributed by atoms with Crippen LogP contribution in [0.2, 0.25) is 0 Å². The number of thiazole rings is 1. The summed E-state index contributed by atoms with van der Waals surface area (Å²) in [6.45, 7) is 0. The molecule has 1 unspecified atom stereocenters. The zero-order valence-corrected chi connectivity index (χ0v) is 8.39. The lowest BCUT2D eigenvalue weighted by Crippen LogP contribution is -2.15. The molecule has 1 heterocycles. The Kier molecular flexibility index (Phi) is 2.76. The second kappa shape index (κ2) is 4.03. The molecule has 0 saturated carbocycles. The fourth-order valence-corrected chi connectivity index (χ4v) is 2.30. The van der Waals surface area contributed by atoms with Gasteiger partial charge in [0.1, 0.15) is 0 Å². The maximum absolute atomic E-state index is 6.09. The van der Waals surface area contributed by atoms with Gasteiger partial charge in [-0.15, -0.1) is 11.3 Å². The van der Waals surface area contributed by atoms with Crippen LogP contribution in [0.1, 0.15) is 37.4 Å². The maximum atomic E-state index is 6.09. The van der Waals surface area contributed by atoms with Crippen LogP contribution in [0.15, 0.2) is 22.5 Å². The first-order valence-corrected chi connectivity index (χ1v) is 5.65. The van der Waals surface area contributed by atoms with Gasteiger partial charge in [0.15, 0.2) is 0 Å². The summed E-state index contributed by atoms with van der Waals surface area (Å²) >= 11 is 1.61. The molecule has 2 N–H and O–H groups in total. The molecule has 0 amide bonds. The molecule has 13 heavy (non-hydrogen) atoms. The predicted octanol–water partition coefficient (Wildman–Crippen LogP) is 2.64. The van der Waals surface area contributed by atoms with E-state index in [-0.39, 0.29) is 6.04 Å². The molecule has 0 radical (unpaired) electrons. The quantitative estimate of drug-likeness (QED) is 0.735. The first-order valence-electron chi connectivity index (χ1n) is 4.70. The fourth-order valence-electron chi connectivity index (χ4n) is 1.71. The molecule has 0 saturated heterocycles. The molecule has 2 nitrogen and oxygen atoms in total. The summed E-state index contributed by atoms with van der Waals surface area (Å²) in [6.07, 6.45) is 7.22. The van der Waals surface area contributed by atoms with Crippen molar-refractivity contribution >= 4 is 11.3 Å². The van der Waals surface area contributed by atoms with E-state index in [0.29, 0.717) is 0 Å². The topological polar surface area (TPSA) is 38.9 Å². The Morgan fingerprint density at radius 2 is 2.38 bits per heavy atom. The number of hydrogen-bond acceptors (Lipinski definition) is 3. The molecule has 0 aromatic carbocycles. The molecule has 1 aliphatic carbocycles. The lowest BCUT2D eigenvalue weighted by molar-refractivity contribution is 0.643. The number of allylic oxidation sites excluding steroid dienone is 1. The Morgan fingerprint density at radius 1 is 1.46 bits per heavy atom. The van der Waals surface area contributed by atoms with Gasteiger partial charge in [0, 0.05) is 5.38 Å². The molecule has 1 atom stereocenters. The lowest BCUT2D eigenvalue weighted by atomic mass is 9.93. The van der Waals surface area contributed by atoms with Gasteiger partial charge in [0.05, 0.1) is 17.2 Å². The molecular weight excluding hydrogens is 180 g/mol. The van der Waals surface area contributed by atoms with E-state index >= 15 is 0 Å². The number of nitrogens with zero attached hydrogens (tertiary/aromatic N) is 1. The zero-order valence-electron chi connectivity index (χ0n) is 7.57. The van der Waals surface area contributed by atoms with E-state index < -0.39 is 0 Å². The zero-order chi connectivity index (χ0) is 9.10. The van der Waals surface area contributed by atoms with Gasteiger partial charge in [-0.3, -0.25) is 0 Å². The molecule has 0 bridgehead atoms. The van der Waals surface area contributed by atoms with Crippen molar-refractivity contribution in [3.8, 4) is 0 Å². The minimum absolute atomic E-state index is 0.0477. The first kappa shape index (κ1) is 8.91. The average Bonchev–Trinajstić information content (AvgIpc) is 2.71. The van der Waals surface area contributed by atoms with Crippen molar-refractivity contribution in [2.24, 2.45) is 5.73 Å². The monoisotopic (exact) mass is 194 g/mol. The molecule has 2 rings (SSSR count). The van der Waals surface area contributed by atoms with Crippen molar-refractivity contribution in [1.82, 2.24) is 4.98 Å². The summed E-state index contributed by atoms with van der Waals surface area (Å²) in [5, 5.41) is 2.04. The number of nitrogens with two attached hydrogens (primary N) is 1. The molecule has 1 aromatic rings. The van der Waals surface area contributed by atoms with Crippen molar-refractivity contribution < 1.29 is 0 Å². The van der Waals surface area contributed by atoms with Crippen molar-refractivity contribution in [3.05, 3.63) is 28.2 Å². The van der Waals surface area contributed by atoms with Crippen LogP contribution in [-0.4, -0.2) is 4.98 Å². The number of hydrogen-bond donors (Lipinski definition) is 1. The van der Waals surface area contributed by atoms with Gasteiger partial charge in [-0.1, -0.05) is 11.6 Å². The molecule has 3 heteroatoms. The Morgan fingerprint density at radius 3 is 3.00 bits per heavy atom.